The number of hydrogen-bond acceptors (Lipinski definition) is 4. The van der Waals surface area contributed by atoms with Crippen LogP contribution in [-0.4, -0.2) is 31.3 Å². The summed E-state index contributed by atoms with van der Waals surface area (Å²) in [6, 6.07) is 3.87. The molecule has 4 heteroatoms. The highest BCUT2D eigenvalue weighted by molar-refractivity contribution is 5.31. The fourth-order valence-corrected chi connectivity index (χ4v) is 2.68. The van der Waals surface area contributed by atoms with Crippen LogP contribution in [0.1, 0.15) is 51.8 Å². The molecule has 0 aliphatic heterocycles. The number of nitrogens with zero attached hydrogens (tertiary/aromatic N) is 1. The topological polar surface area (TPSA) is 43.4 Å². The van der Waals surface area contributed by atoms with Crippen LogP contribution in [0.25, 0.3) is 0 Å². The van der Waals surface area contributed by atoms with Gasteiger partial charge in [0.25, 0.3) is 0 Å². The molecule has 20 heavy (non-hydrogen) atoms. The summed E-state index contributed by atoms with van der Waals surface area (Å²) in [6.07, 6.45) is 4.71. The Kier molecular flexibility index (Phi) is 6.96. The van der Waals surface area contributed by atoms with Gasteiger partial charge in [0, 0.05) is 13.3 Å². The molecule has 4 nitrogen and oxygen atoms in total. The second-order valence-corrected chi connectivity index (χ2v) is 4.95. The van der Waals surface area contributed by atoms with Crippen molar-refractivity contribution in [1.29, 1.82) is 0 Å². The smallest absolute Gasteiger partial charge is 0.142 e. The number of methoxy groups -OCH3 is 2. The van der Waals surface area contributed by atoms with Gasteiger partial charge in [0.05, 0.1) is 18.8 Å². The molecule has 1 rings (SSSR count). The fraction of sp³-hybridized carbons (Fsp3) is 0.688. The van der Waals surface area contributed by atoms with Crippen molar-refractivity contribution in [2.24, 2.45) is 0 Å². The third-order valence-corrected chi connectivity index (χ3v) is 4.02. The van der Waals surface area contributed by atoms with Gasteiger partial charge in [-0.15, -0.1) is 0 Å². The molecule has 0 saturated heterocycles. The van der Waals surface area contributed by atoms with Crippen molar-refractivity contribution in [1.82, 2.24) is 10.3 Å². The van der Waals surface area contributed by atoms with Gasteiger partial charge in [-0.1, -0.05) is 20.8 Å². The van der Waals surface area contributed by atoms with Crippen LogP contribution in [0.4, 0.5) is 0 Å². The second-order valence-electron chi connectivity index (χ2n) is 4.95. The molecular weight excluding hydrogens is 252 g/mol. The monoisotopic (exact) mass is 280 g/mol. The summed E-state index contributed by atoms with van der Waals surface area (Å²) in [4.78, 5) is 4.55. The molecule has 1 aromatic heterocycles. The van der Waals surface area contributed by atoms with E-state index in [1.54, 1.807) is 14.2 Å². The van der Waals surface area contributed by atoms with E-state index >= 15 is 0 Å². The van der Waals surface area contributed by atoms with E-state index in [0.29, 0.717) is 0 Å². The molecule has 0 aliphatic carbocycles. The summed E-state index contributed by atoms with van der Waals surface area (Å²) in [5.74, 6) is 0.810. The summed E-state index contributed by atoms with van der Waals surface area (Å²) in [5.41, 5.74) is 0.658. The molecule has 0 amide bonds. The summed E-state index contributed by atoms with van der Waals surface area (Å²) < 4.78 is 11.4. The summed E-state index contributed by atoms with van der Waals surface area (Å²) in [5, 5.41) is 3.59. The van der Waals surface area contributed by atoms with E-state index in [4.69, 9.17) is 9.47 Å². The number of rotatable bonds is 9. The zero-order valence-corrected chi connectivity index (χ0v) is 13.4. The first-order chi connectivity index (χ1) is 9.68. The Morgan fingerprint density at radius 1 is 1.25 bits per heavy atom. The highest BCUT2D eigenvalue weighted by Gasteiger charge is 2.38. The average Bonchev–Trinajstić information content (AvgIpc) is 2.52. The van der Waals surface area contributed by atoms with Gasteiger partial charge in [-0.05, 0) is 37.9 Å². The standard InChI is InChI=1S/C16H28N2O2/c1-6-11-18-15(16(7-2,8-3)20-5)14-13(19-4)10-9-12-17-14/h9-10,12,15,18H,6-8,11H2,1-5H3. The molecule has 0 fully saturated rings. The van der Waals surface area contributed by atoms with E-state index in [9.17, 15) is 0 Å². The minimum Gasteiger partial charge on any atom is -0.495 e. The molecule has 1 unspecified atom stereocenters. The van der Waals surface area contributed by atoms with Crippen LogP contribution in [0.15, 0.2) is 18.3 Å². The Bertz CT molecular complexity index is 384. The van der Waals surface area contributed by atoms with Crippen molar-refractivity contribution in [2.45, 2.75) is 51.7 Å². The predicted octanol–water partition coefficient (Wildman–Crippen LogP) is 3.34. The van der Waals surface area contributed by atoms with Gasteiger partial charge in [0.1, 0.15) is 11.4 Å². The predicted molar refractivity (Wildman–Crippen MR) is 82.1 cm³/mol. The lowest BCUT2D eigenvalue weighted by atomic mass is 9.85. The van der Waals surface area contributed by atoms with Crippen molar-refractivity contribution < 1.29 is 9.47 Å². The van der Waals surface area contributed by atoms with E-state index < -0.39 is 0 Å². The van der Waals surface area contributed by atoms with Gasteiger partial charge in [0.2, 0.25) is 0 Å². The maximum absolute atomic E-state index is 5.89. The number of hydrogen-bond donors (Lipinski definition) is 1. The van der Waals surface area contributed by atoms with Crippen LogP contribution >= 0.6 is 0 Å². The lowest BCUT2D eigenvalue weighted by Gasteiger charge is -2.39. The van der Waals surface area contributed by atoms with Crippen LogP contribution in [0.5, 0.6) is 5.75 Å². The minimum atomic E-state index is -0.267. The molecule has 1 aromatic rings. The molecule has 0 radical (unpaired) electrons. The minimum absolute atomic E-state index is 0.0265. The molecule has 1 N–H and O–H groups in total. The normalized spacial score (nSPS) is 13.2. The largest absolute Gasteiger partial charge is 0.495 e. The zero-order chi connectivity index (χ0) is 15.0. The van der Waals surface area contributed by atoms with Gasteiger partial charge in [-0.2, -0.15) is 0 Å². The molecule has 0 bridgehead atoms. The molecule has 1 atom stereocenters. The Hall–Kier alpha value is -1.13. The van der Waals surface area contributed by atoms with Crippen molar-refractivity contribution in [2.75, 3.05) is 20.8 Å². The van der Waals surface area contributed by atoms with Gasteiger partial charge >= 0.3 is 0 Å². The van der Waals surface area contributed by atoms with Gasteiger partial charge in [0.15, 0.2) is 0 Å². The fourth-order valence-electron chi connectivity index (χ4n) is 2.68. The summed E-state index contributed by atoms with van der Waals surface area (Å²) >= 11 is 0. The quantitative estimate of drug-likeness (QED) is 0.753. The van der Waals surface area contributed by atoms with Crippen molar-refractivity contribution in [3.05, 3.63) is 24.0 Å². The first kappa shape index (κ1) is 16.9. The highest BCUT2D eigenvalue weighted by atomic mass is 16.5. The molecule has 114 valence electrons. The van der Waals surface area contributed by atoms with E-state index in [1.807, 2.05) is 18.3 Å². The van der Waals surface area contributed by atoms with Crippen molar-refractivity contribution >= 4 is 0 Å². The maximum atomic E-state index is 5.89. The number of aromatic nitrogens is 1. The van der Waals surface area contributed by atoms with Crippen LogP contribution in [0.3, 0.4) is 0 Å². The lowest BCUT2D eigenvalue weighted by Crippen LogP contribution is -2.45. The highest BCUT2D eigenvalue weighted by Crippen LogP contribution is 2.37. The maximum Gasteiger partial charge on any atom is 0.142 e. The van der Waals surface area contributed by atoms with Crippen LogP contribution in [0, 0.1) is 0 Å². The van der Waals surface area contributed by atoms with E-state index in [2.05, 4.69) is 31.1 Å². The molecular formula is C16H28N2O2. The Labute approximate surface area is 122 Å². The molecule has 0 spiro atoms. The van der Waals surface area contributed by atoms with Crippen LogP contribution < -0.4 is 10.1 Å². The number of pyridine rings is 1. The van der Waals surface area contributed by atoms with Gasteiger partial charge < -0.3 is 14.8 Å². The Morgan fingerprint density at radius 3 is 2.45 bits per heavy atom. The number of ether oxygens (including phenoxy) is 2. The second kappa shape index (κ2) is 8.22. The van der Waals surface area contributed by atoms with E-state index in [1.165, 1.54) is 0 Å². The van der Waals surface area contributed by atoms with Crippen molar-refractivity contribution in [3.8, 4) is 5.75 Å². The number of nitrogens with one attached hydrogen (secondary N) is 1. The molecule has 1 heterocycles. The van der Waals surface area contributed by atoms with Crippen LogP contribution in [0.2, 0.25) is 0 Å². The van der Waals surface area contributed by atoms with Crippen LogP contribution in [-0.2, 0) is 4.74 Å². The third kappa shape index (κ3) is 3.49. The summed E-state index contributed by atoms with van der Waals surface area (Å²) in [6.45, 7) is 7.40. The first-order valence-electron chi connectivity index (χ1n) is 7.46. The SMILES string of the molecule is CCCNC(c1ncccc1OC)C(CC)(CC)OC. The zero-order valence-electron chi connectivity index (χ0n) is 13.4. The van der Waals surface area contributed by atoms with E-state index in [-0.39, 0.29) is 11.6 Å². The van der Waals surface area contributed by atoms with Gasteiger partial charge in [-0.25, -0.2) is 0 Å². The summed E-state index contributed by atoms with van der Waals surface area (Å²) in [7, 11) is 3.47. The Morgan fingerprint density at radius 2 is 1.95 bits per heavy atom. The molecule has 0 aromatic carbocycles. The third-order valence-electron chi connectivity index (χ3n) is 4.02. The van der Waals surface area contributed by atoms with Gasteiger partial charge in [-0.3, -0.25) is 4.98 Å². The average molecular weight is 280 g/mol. The van der Waals surface area contributed by atoms with Crippen molar-refractivity contribution in [3.63, 3.8) is 0 Å². The van der Waals surface area contributed by atoms with E-state index in [0.717, 1.165) is 37.3 Å². The first-order valence-corrected chi connectivity index (χ1v) is 7.46. The lowest BCUT2D eigenvalue weighted by molar-refractivity contribution is -0.0501. The molecule has 0 saturated carbocycles. The molecule has 0 aliphatic rings. The Balaban J connectivity index is 3.23.